The molecule has 0 radical (unpaired) electrons. The van der Waals surface area contributed by atoms with Gasteiger partial charge in [0.1, 0.15) is 29.5 Å². The van der Waals surface area contributed by atoms with Gasteiger partial charge in [-0.15, -0.1) is 0 Å². The Morgan fingerprint density at radius 3 is 2.55 bits per heavy atom. The van der Waals surface area contributed by atoms with Gasteiger partial charge in [0.15, 0.2) is 5.60 Å². The molecule has 2 saturated carbocycles. The van der Waals surface area contributed by atoms with E-state index in [0.29, 0.717) is 75.5 Å². The number of carbonyl (C=O) groups is 4. The average molecular weight is 888 g/mol. The maximum Gasteiger partial charge on any atom is 0.408 e. The summed E-state index contributed by atoms with van der Waals surface area (Å²) >= 11 is 0. The van der Waals surface area contributed by atoms with Crippen molar-refractivity contribution in [1.82, 2.24) is 25.2 Å². The smallest absolute Gasteiger partial charge is 0.408 e. The molecule has 2 aliphatic carbocycles. The predicted molar refractivity (Wildman–Crippen MR) is 224 cm³/mol. The van der Waals surface area contributed by atoms with Gasteiger partial charge in [0.05, 0.1) is 25.0 Å². The van der Waals surface area contributed by atoms with E-state index in [-0.39, 0.29) is 31.2 Å². The van der Waals surface area contributed by atoms with Crippen molar-refractivity contribution in [2.75, 3.05) is 20.3 Å². The van der Waals surface area contributed by atoms with E-state index in [4.69, 9.17) is 23.9 Å². The number of rotatable bonds is 10. The van der Waals surface area contributed by atoms with Gasteiger partial charge in [0, 0.05) is 30.2 Å². The van der Waals surface area contributed by atoms with Gasteiger partial charge in [0.25, 0.3) is 11.8 Å². The first-order chi connectivity index (χ1) is 29.1. The summed E-state index contributed by atoms with van der Waals surface area (Å²) in [7, 11) is -2.50. The van der Waals surface area contributed by atoms with E-state index in [9.17, 15) is 31.6 Å². The van der Waals surface area contributed by atoms with Crippen molar-refractivity contribution in [3.63, 3.8) is 0 Å². The molecule has 1 aromatic heterocycles. The van der Waals surface area contributed by atoms with Gasteiger partial charge < -0.3 is 34.5 Å². The third-order valence-electron chi connectivity index (χ3n) is 13.6. The van der Waals surface area contributed by atoms with E-state index in [1.807, 2.05) is 38.1 Å². The van der Waals surface area contributed by atoms with Crippen LogP contribution in [-0.4, -0.2) is 102 Å². The highest BCUT2D eigenvalue weighted by Crippen LogP contribution is 2.48. The number of alkyl halides is 2. The molecular formula is C44H59F2N5O10S. The number of sulfonamides is 1. The number of halogens is 2. The highest BCUT2D eigenvalue weighted by molar-refractivity contribution is 7.91. The molecule has 3 fully saturated rings. The molecule has 0 bridgehead atoms. The van der Waals surface area contributed by atoms with Crippen LogP contribution >= 0.6 is 0 Å². The van der Waals surface area contributed by atoms with Crippen molar-refractivity contribution in [3.05, 3.63) is 35.9 Å². The van der Waals surface area contributed by atoms with Gasteiger partial charge in [-0.25, -0.2) is 22.0 Å². The Morgan fingerprint density at radius 2 is 1.87 bits per heavy atom. The Balaban J connectivity index is 1.26. The summed E-state index contributed by atoms with van der Waals surface area (Å²) in [5.41, 5.74) is -2.96. The molecule has 62 heavy (non-hydrogen) atoms. The van der Waals surface area contributed by atoms with E-state index in [2.05, 4.69) is 15.4 Å². The second-order valence-corrected chi connectivity index (χ2v) is 20.8. The van der Waals surface area contributed by atoms with E-state index in [0.717, 1.165) is 31.2 Å². The minimum Gasteiger partial charge on any atom is -0.497 e. The lowest BCUT2D eigenvalue weighted by Gasteiger charge is -2.35. The van der Waals surface area contributed by atoms with Crippen molar-refractivity contribution in [1.29, 1.82) is 0 Å². The summed E-state index contributed by atoms with van der Waals surface area (Å²) in [6.07, 6.45) is 6.11. The standard InChI is InChI=1S/C44H59F2N5O10S/c1-8-26-20-25(2)12-9-10-13-27-23-44(27,39(54)50-62(56,57)42(5)17-18-42)49-35(52)33-22-29(24-51(33)38(53)34(26)47-40(55)61-41(3,4)43(6,45)46)60-37-31-16-15-28(58-7)21-32(31)30-14-11-19-59-36(30)48-37/h10,13,15-16,21,25-27,29,33-34H,8-9,11-12,14,17-20,22-24H2,1-7H3,(H,47,55)(H,49,52)(H,50,54). The first-order valence-corrected chi connectivity index (χ1v) is 23.1. The molecule has 7 atom stereocenters. The molecule has 0 spiro atoms. The van der Waals surface area contributed by atoms with Gasteiger partial charge in [-0.2, -0.15) is 4.98 Å². The van der Waals surface area contributed by atoms with Gasteiger partial charge >= 0.3 is 6.09 Å². The molecule has 1 saturated heterocycles. The van der Waals surface area contributed by atoms with Crippen LogP contribution in [0.15, 0.2) is 30.4 Å². The molecule has 3 N–H and O–H groups in total. The van der Waals surface area contributed by atoms with Gasteiger partial charge in [-0.3, -0.25) is 19.1 Å². The Kier molecular flexibility index (Phi) is 12.2. The summed E-state index contributed by atoms with van der Waals surface area (Å²) < 4.78 is 80.1. The molecule has 5 aliphatic rings. The van der Waals surface area contributed by atoms with Crippen molar-refractivity contribution in [3.8, 4) is 17.5 Å². The Labute approximate surface area is 361 Å². The fraction of sp³-hybridized carbons (Fsp3) is 0.659. The lowest BCUT2D eigenvalue weighted by atomic mass is 9.85. The second kappa shape index (κ2) is 16.8. The van der Waals surface area contributed by atoms with E-state index in [1.54, 1.807) is 20.1 Å². The third-order valence-corrected chi connectivity index (χ3v) is 15.8. The fourth-order valence-corrected chi connectivity index (χ4v) is 10.1. The van der Waals surface area contributed by atoms with Crippen LogP contribution < -0.4 is 29.6 Å². The molecule has 3 aliphatic heterocycles. The van der Waals surface area contributed by atoms with Crippen LogP contribution in [0.25, 0.3) is 10.8 Å². The van der Waals surface area contributed by atoms with E-state index >= 15 is 4.79 Å². The third kappa shape index (κ3) is 8.89. The number of hydrogen-bond acceptors (Lipinski definition) is 11. The zero-order valence-corrected chi connectivity index (χ0v) is 37.3. The molecule has 340 valence electrons. The Bertz CT molecular complexity index is 2250. The second-order valence-electron chi connectivity index (χ2n) is 18.6. The average Bonchev–Trinajstić information content (AvgIpc) is 4.09. The molecule has 4 heterocycles. The monoisotopic (exact) mass is 887 g/mol. The van der Waals surface area contributed by atoms with Crippen molar-refractivity contribution in [2.24, 2.45) is 17.8 Å². The van der Waals surface area contributed by atoms with Gasteiger partial charge in [-0.05, 0) is 108 Å². The summed E-state index contributed by atoms with van der Waals surface area (Å²) in [6, 6.07) is 2.87. The van der Waals surface area contributed by atoms with Crippen LogP contribution in [0.1, 0.15) is 105 Å². The topological polar surface area (TPSA) is 192 Å². The maximum atomic E-state index is 15.1. The molecule has 1 aromatic carbocycles. The SMILES string of the molecule is CCC1CC(C)CCC=CC2CC2(C(=O)NS(=O)(=O)C2(C)CC2)NC(=O)C2CC(Oc3nc4c(c5cc(OC)ccc35)CCCO4)CN2C(=O)C1NC(=O)OC(C)(C)C(C)(F)F. The minimum absolute atomic E-state index is 0.0189. The number of allylic oxidation sites excluding steroid dienone is 1. The number of carbonyl (C=O) groups excluding carboxylic acids is 4. The van der Waals surface area contributed by atoms with Crippen LogP contribution in [0, 0.1) is 17.8 Å². The number of nitrogens with zero attached hydrogens (tertiary/aromatic N) is 2. The molecular weight excluding hydrogens is 829 g/mol. The molecule has 15 nitrogen and oxygen atoms in total. The molecule has 18 heteroatoms. The number of ether oxygens (including phenoxy) is 4. The molecule has 7 unspecified atom stereocenters. The normalized spacial score (nSPS) is 28.8. The van der Waals surface area contributed by atoms with Crippen LogP contribution in [-0.2, 0) is 35.6 Å². The zero-order valence-electron chi connectivity index (χ0n) is 36.5. The zero-order chi connectivity index (χ0) is 45.0. The van der Waals surface area contributed by atoms with Gasteiger partial charge in [0.2, 0.25) is 33.6 Å². The Morgan fingerprint density at radius 1 is 1.13 bits per heavy atom. The number of aromatic nitrogens is 1. The lowest BCUT2D eigenvalue weighted by molar-refractivity contribution is -0.152. The molecule has 4 amide bonds. The van der Waals surface area contributed by atoms with Crippen LogP contribution in [0.4, 0.5) is 13.6 Å². The number of hydrogen-bond donors (Lipinski definition) is 3. The lowest BCUT2D eigenvalue weighted by Crippen LogP contribution is -2.60. The summed E-state index contributed by atoms with van der Waals surface area (Å²) in [5, 5.41) is 6.95. The summed E-state index contributed by atoms with van der Waals surface area (Å²) in [5.74, 6) is -5.49. The number of nitrogens with one attached hydrogen (secondary N) is 3. The van der Waals surface area contributed by atoms with Crippen LogP contribution in [0.3, 0.4) is 0 Å². The number of methoxy groups -OCH3 is 1. The van der Waals surface area contributed by atoms with E-state index in [1.165, 1.54) is 4.90 Å². The van der Waals surface area contributed by atoms with E-state index < -0.39 is 85.7 Å². The van der Waals surface area contributed by atoms with Crippen LogP contribution in [0.2, 0.25) is 0 Å². The number of pyridine rings is 1. The Hall–Kier alpha value is -4.74. The fourth-order valence-electron chi connectivity index (χ4n) is 8.74. The first-order valence-electron chi connectivity index (χ1n) is 21.7. The van der Waals surface area contributed by atoms with Crippen molar-refractivity contribution < 1.29 is 55.3 Å². The van der Waals surface area contributed by atoms with Crippen molar-refractivity contribution >= 4 is 44.6 Å². The number of aryl methyl sites for hydroxylation is 1. The molecule has 7 rings (SSSR count). The van der Waals surface area contributed by atoms with Crippen molar-refractivity contribution in [2.45, 2.75) is 146 Å². The minimum atomic E-state index is -4.07. The largest absolute Gasteiger partial charge is 0.497 e. The number of fused-ring (bicyclic) bond motifs is 5. The quantitative estimate of drug-likeness (QED) is 0.247. The maximum absolute atomic E-state index is 15.1. The number of alkyl carbamates (subject to hydrolysis) is 1. The summed E-state index contributed by atoms with van der Waals surface area (Å²) in [4.78, 5) is 63.5. The summed E-state index contributed by atoms with van der Waals surface area (Å²) in [6.45, 7) is 8.51. The highest BCUT2D eigenvalue weighted by Gasteiger charge is 2.63. The first kappa shape index (κ1) is 45.3. The number of amides is 4. The van der Waals surface area contributed by atoms with Crippen LogP contribution in [0.5, 0.6) is 17.5 Å². The molecule has 2 aromatic rings. The predicted octanol–water partition coefficient (Wildman–Crippen LogP) is 5.72. The number of benzene rings is 1. The van der Waals surface area contributed by atoms with Gasteiger partial charge in [-0.1, -0.05) is 32.4 Å². The highest BCUT2D eigenvalue weighted by atomic mass is 32.2.